The van der Waals surface area contributed by atoms with Crippen LogP contribution in [0.3, 0.4) is 0 Å². The summed E-state index contributed by atoms with van der Waals surface area (Å²) < 4.78 is 29.7. The lowest BCUT2D eigenvalue weighted by Crippen LogP contribution is -2.57. The van der Waals surface area contributed by atoms with Gasteiger partial charge in [-0.25, -0.2) is 13.4 Å². The van der Waals surface area contributed by atoms with Gasteiger partial charge in [0.25, 0.3) is 15.9 Å². The van der Waals surface area contributed by atoms with Crippen LogP contribution in [0.4, 0.5) is 0 Å². The fourth-order valence-electron chi connectivity index (χ4n) is 5.12. The third-order valence-electron chi connectivity index (χ3n) is 7.50. The van der Waals surface area contributed by atoms with Gasteiger partial charge in [-0.05, 0) is 56.9 Å². The van der Waals surface area contributed by atoms with Gasteiger partial charge in [0.15, 0.2) is 5.01 Å². The predicted octanol–water partition coefficient (Wildman–Crippen LogP) is 3.42. The zero-order chi connectivity index (χ0) is 28.1. The second kappa shape index (κ2) is 11.1. The van der Waals surface area contributed by atoms with Crippen molar-refractivity contribution in [3.8, 4) is 0 Å². The topological polar surface area (TPSA) is 94.1 Å². The lowest BCUT2D eigenvalue weighted by atomic mass is 9.97. The molecule has 3 heterocycles. The van der Waals surface area contributed by atoms with Crippen LogP contribution in [0, 0.1) is 0 Å². The van der Waals surface area contributed by atoms with Crippen molar-refractivity contribution < 1.29 is 18.0 Å². The third kappa shape index (κ3) is 5.73. The number of sulfonamides is 1. The maximum atomic E-state index is 13.7. The number of hydrogen-bond donors (Lipinski definition) is 0. The number of fused-ring (bicyclic) bond motifs is 2. The summed E-state index contributed by atoms with van der Waals surface area (Å²) in [5.41, 5.74) is 0.980. The summed E-state index contributed by atoms with van der Waals surface area (Å²) in [6.45, 7) is 0.366. The standard InChI is InChI=1S/C26H32ClN5O4S3/c1-29(2)18-7-8-20-22(13-18)38-25(28-20)26(34)32-10-9-31(15-19(32)14-23(33)30(3)4)39(35,36)24-11-16-5-6-17(27)12-21(16)37-24/h5-6,11-12,18-19H,7-10,13-15H2,1-4H3. The van der Waals surface area contributed by atoms with Crippen molar-refractivity contribution >= 4 is 66.2 Å². The van der Waals surface area contributed by atoms with Crippen molar-refractivity contribution in [1.82, 2.24) is 24.0 Å². The zero-order valence-electron chi connectivity index (χ0n) is 22.4. The number of likely N-dealkylation sites (N-methyl/N-ethyl adjacent to an activating group) is 1. The summed E-state index contributed by atoms with van der Waals surface area (Å²) in [5.74, 6) is -0.401. The second-order valence-electron chi connectivity index (χ2n) is 10.5. The number of halogens is 1. The van der Waals surface area contributed by atoms with E-state index in [4.69, 9.17) is 11.6 Å². The van der Waals surface area contributed by atoms with E-state index in [1.54, 1.807) is 43.3 Å². The Hall–Kier alpha value is -2.09. The van der Waals surface area contributed by atoms with E-state index in [0.717, 1.165) is 39.9 Å². The van der Waals surface area contributed by atoms with E-state index in [0.29, 0.717) is 16.1 Å². The number of thiophene rings is 1. The molecule has 2 atom stereocenters. The SMILES string of the molecule is CN(C)C(=O)CC1CN(S(=O)(=O)c2cc3ccc(Cl)cc3s2)CCN1C(=O)c1nc2c(s1)CC(N(C)C)CC2. The van der Waals surface area contributed by atoms with E-state index in [2.05, 4.69) is 24.0 Å². The normalized spacial score (nSPS) is 20.4. The first-order chi connectivity index (χ1) is 18.4. The predicted molar refractivity (Wildman–Crippen MR) is 155 cm³/mol. The Labute approximate surface area is 242 Å². The van der Waals surface area contributed by atoms with Crippen LogP contribution < -0.4 is 0 Å². The zero-order valence-corrected chi connectivity index (χ0v) is 25.6. The van der Waals surface area contributed by atoms with Gasteiger partial charge in [-0.15, -0.1) is 22.7 Å². The van der Waals surface area contributed by atoms with Gasteiger partial charge in [-0.1, -0.05) is 17.7 Å². The van der Waals surface area contributed by atoms with Gasteiger partial charge >= 0.3 is 0 Å². The van der Waals surface area contributed by atoms with E-state index >= 15 is 0 Å². The maximum Gasteiger partial charge on any atom is 0.283 e. The smallest absolute Gasteiger partial charge is 0.283 e. The van der Waals surface area contributed by atoms with Crippen LogP contribution >= 0.6 is 34.3 Å². The van der Waals surface area contributed by atoms with Crippen molar-refractivity contribution in [2.24, 2.45) is 0 Å². The number of carbonyl (C=O) groups is 2. The van der Waals surface area contributed by atoms with Crippen molar-refractivity contribution in [2.75, 3.05) is 47.8 Å². The number of nitrogens with zero attached hydrogens (tertiary/aromatic N) is 5. The molecule has 0 bridgehead atoms. The molecular weight excluding hydrogens is 578 g/mol. The Morgan fingerprint density at radius 2 is 1.90 bits per heavy atom. The van der Waals surface area contributed by atoms with Crippen molar-refractivity contribution in [3.05, 3.63) is 44.9 Å². The monoisotopic (exact) mass is 609 g/mol. The molecule has 5 rings (SSSR count). The largest absolute Gasteiger partial charge is 0.349 e. The number of carbonyl (C=O) groups excluding carboxylic acids is 2. The minimum absolute atomic E-state index is 0.0284. The molecular formula is C26H32ClN5O4S3. The molecule has 1 fully saturated rings. The molecule has 0 N–H and O–H groups in total. The quantitative estimate of drug-likeness (QED) is 0.425. The summed E-state index contributed by atoms with van der Waals surface area (Å²) in [6.07, 6.45) is 2.72. The molecule has 39 heavy (non-hydrogen) atoms. The van der Waals surface area contributed by atoms with Gasteiger partial charge in [0, 0.05) is 60.8 Å². The molecule has 1 aliphatic heterocycles. The highest BCUT2D eigenvalue weighted by Gasteiger charge is 2.39. The number of hydrogen-bond acceptors (Lipinski definition) is 8. The van der Waals surface area contributed by atoms with Crippen LogP contribution in [0.15, 0.2) is 28.5 Å². The first-order valence-corrected chi connectivity index (χ1v) is 16.2. The highest BCUT2D eigenvalue weighted by Crippen LogP contribution is 2.34. The van der Waals surface area contributed by atoms with Gasteiger partial charge < -0.3 is 14.7 Å². The van der Waals surface area contributed by atoms with Crippen LogP contribution in [0.25, 0.3) is 10.1 Å². The Kier molecular flexibility index (Phi) is 8.06. The summed E-state index contributed by atoms with van der Waals surface area (Å²) in [6, 6.07) is 6.77. The Bertz CT molecular complexity index is 1520. The fraction of sp³-hybridized carbons (Fsp3) is 0.500. The lowest BCUT2D eigenvalue weighted by molar-refractivity contribution is -0.130. The molecule has 13 heteroatoms. The van der Waals surface area contributed by atoms with E-state index < -0.39 is 16.1 Å². The molecule has 0 saturated carbocycles. The van der Waals surface area contributed by atoms with Gasteiger partial charge in [-0.3, -0.25) is 9.59 Å². The van der Waals surface area contributed by atoms with E-state index in [9.17, 15) is 18.0 Å². The molecule has 1 aliphatic carbocycles. The van der Waals surface area contributed by atoms with Crippen LogP contribution in [0.5, 0.6) is 0 Å². The Balaban J connectivity index is 1.40. The first kappa shape index (κ1) is 28.4. The van der Waals surface area contributed by atoms with Crippen molar-refractivity contribution in [3.63, 3.8) is 0 Å². The molecule has 1 aromatic carbocycles. The minimum Gasteiger partial charge on any atom is -0.349 e. The Morgan fingerprint density at radius 1 is 1.13 bits per heavy atom. The van der Waals surface area contributed by atoms with Gasteiger partial charge in [0.05, 0.1) is 11.7 Å². The van der Waals surface area contributed by atoms with Crippen molar-refractivity contribution in [2.45, 2.75) is 42.0 Å². The average Bonchev–Trinajstić information content (AvgIpc) is 3.52. The molecule has 0 radical (unpaired) electrons. The van der Waals surface area contributed by atoms with Crippen LogP contribution in [-0.2, 0) is 27.7 Å². The van der Waals surface area contributed by atoms with E-state index in [1.165, 1.54) is 31.9 Å². The summed E-state index contributed by atoms with van der Waals surface area (Å²) in [7, 11) is 3.62. The number of piperazine rings is 1. The number of rotatable bonds is 6. The highest BCUT2D eigenvalue weighted by molar-refractivity contribution is 7.91. The van der Waals surface area contributed by atoms with E-state index in [-0.39, 0.29) is 42.1 Å². The highest BCUT2D eigenvalue weighted by atomic mass is 35.5. The molecule has 2 aromatic heterocycles. The lowest BCUT2D eigenvalue weighted by Gasteiger charge is -2.40. The molecule has 9 nitrogen and oxygen atoms in total. The third-order valence-corrected chi connectivity index (χ3v) is 12.3. The first-order valence-electron chi connectivity index (χ1n) is 12.8. The maximum absolute atomic E-state index is 13.7. The fourth-order valence-corrected chi connectivity index (χ4v) is 9.55. The number of amides is 2. The molecule has 0 spiro atoms. The van der Waals surface area contributed by atoms with Crippen LogP contribution in [-0.4, -0.2) is 104 Å². The minimum atomic E-state index is -3.83. The summed E-state index contributed by atoms with van der Waals surface area (Å²) >= 11 is 8.70. The molecule has 2 aliphatic rings. The number of aromatic nitrogens is 1. The van der Waals surface area contributed by atoms with Gasteiger partial charge in [-0.2, -0.15) is 4.31 Å². The summed E-state index contributed by atoms with van der Waals surface area (Å²) in [5, 5.41) is 1.77. The van der Waals surface area contributed by atoms with Crippen molar-refractivity contribution in [1.29, 1.82) is 0 Å². The van der Waals surface area contributed by atoms with Crippen LogP contribution in [0.1, 0.15) is 33.2 Å². The average molecular weight is 610 g/mol. The molecule has 3 aromatic rings. The van der Waals surface area contributed by atoms with Gasteiger partial charge in [0.2, 0.25) is 5.91 Å². The second-order valence-corrected chi connectivity index (χ2v) is 15.3. The Morgan fingerprint density at radius 3 is 2.62 bits per heavy atom. The number of aryl methyl sites for hydroxylation is 1. The number of thiazole rings is 1. The molecule has 210 valence electrons. The molecule has 2 amide bonds. The molecule has 1 saturated heterocycles. The molecule has 2 unspecified atom stereocenters. The number of benzene rings is 1. The van der Waals surface area contributed by atoms with Gasteiger partial charge in [0.1, 0.15) is 4.21 Å². The summed E-state index contributed by atoms with van der Waals surface area (Å²) in [4.78, 5) is 37.6. The van der Waals surface area contributed by atoms with E-state index in [1.807, 2.05) is 0 Å². The van der Waals surface area contributed by atoms with Crippen LogP contribution in [0.2, 0.25) is 5.02 Å².